The number of aromatic amines is 1. The lowest BCUT2D eigenvalue weighted by Crippen LogP contribution is -2.18. The van der Waals surface area contributed by atoms with Crippen molar-refractivity contribution in [2.75, 3.05) is 6.26 Å². The second-order valence-corrected chi connectivity index (χ2v) is 6.00. The predicted octanol–water partition coefficient (Wildman–Crippen LogP) is -0.197. The molecule has 0 amide bonds. The molecule has 0 unspecified atom stereocenters. The lowest BCUT2D eigenvalue weighted by Gasteiger charge is -2.02. The van der Waals surface area contributed by atoms with E-state index >= 15 is 0 Å². The second-order valence-electron chi connectivity index (χ2n) is 3.86. The lowest BCUT2D eigenvalue weighted by atomic mass is 10.2. The van der Waals surface area contributed by atoms with Gasteiger partial charge in [0.05, 0.1) is 5.69 Å². The van der Waals surface area contributed by atoms with Crippen LogP contribution in [0, 0.1) is 0 Å². The molecule has 0 radical (unpaired) electrons. The Bertz CT molecular complexity index is 545. The zero-order chi connectivity index (χ0) is 11.1. The summed E-state index contributed by atoms with van der Waals surface area (Å²) in [6.07, 6.45) is 3.57. The van der Waals surface area contributed by atoms with Crippen LogP contribution in [0.4, 0.5) is 0 Å². The average molecular weight is 228 g/mol. The summed E-state index contributed by atoms with van der Waals surface area (Å²) in [5.74, 6) is 0.0540. The number of nitrogens with zero attached hydrogens (tertiary/aromatic N) is 1. The van der Waals surface area contributed by atoms with Crippen molar-refractivity contribution >= 4 is 9.84 Å². The minimum atomic E-state index is -3.14. The van der Waals surface area contributed by atoms with Crippen molar-refractivity contribution in [3.8, 4) is 0 Å². The molecule has 0 aliphatic heterocycles. The van der Waals surface area contributed by atoms with Gasteiger partial charge in [-0.3, -0.25) is 4.79 Å². The molecule has 0 aromatic carbocycles. The summed E-state index contributed by atoms with van der Waals surface area (Å²) in [7, 11) is -3.14. The normalized spacial score (nSPS) is 15.3. The van der Waals surface area contributed by atoms with Crippen LogP contribution >= 0.6 is 0 Å². The molecule has 1 aliphatic rings. The van der Waals surface area contributed by atoms with Crippen LogP contribution in [0.15, 0.2) is 4.79 Å². The Kier molecular flexibility index (Phi) is 2.38. The Hall–Kier alpha value is -1.17. The molecule has 1 heterocycles. The summed E-state index contributed by atoms with van der Waals surface area (Å²) in [6, 6.07) is 0. The number of sulfone groups is 1. The summed E-state index contributed by atoms with van der Waals surface area (Å²) >= 11 is 0. The van der Waals surface area contributed by atoms with Crippen molar-refractivity contribution in [3.63, 3.8) is 0 Å². The number of hydrogen-bond acceptors (Lipinski definition) is 4. The van der Waals surface area contributed by atoms with Crippen LogP contribution < -0.4 is 5.56 Å². The van der Waals surface area contributed by atoms with Crippen LogP contribution in [-0.2, 0) is 28.4 Å². The van der Waals surface area contributed by atoms with Crippen molar-refractivity contribution < 1.29 is 8.42 Å². The number of nitrogens with one attached hydrogen (secondary N) is 1. The van der Waals surface area contributed by atoms with Gasteiger partial charge >= 0.3 is 0 Å². The molecule has 0 spiro atoms. The average Bonchev–Trinajstić information content (AvgIpc) is 2.48. The Labute approximate surface area is 87.5 Å². The van der Waals surface area contributed by atoms with Gasteiger partial charge in [0.25, 0.3) is 5.56 Å². The highest BCUT2D eigenvalue weighted by Gasteiger charge is 2.18. The van der Waals surface area contributed by atoms with E-state index in [4.69, 9.17) is 0 Å². The van der Waals surface area contributed by atoms with Crippen LogP contribution in [0.3, 0.4) is 0 Å². The zero-order valence-electron chi connectivity index (χ0n) is 8.41. The fraction of sp³-hybridized carbons (Fsp3) is 0.556. The van der Waals surface area contributed by atoms with E-state index < -0.39 is 9.84 Å². The first-order valence-corrected chi connectivity index (χ1v) is 6.80. The quantitative estimate of drug-likeness (QED) is 0.760. The topological polar surface area (TPSA) is 79.9 Å². The van der Waals surface area contributed by atoms with E-state index in [9.17, 15) is 13.2 Å². The molecule has 0 saturated heterocycles. The Morgan fingerprint density at radius 2 is 2.13 bits per heavy atom. The first kappa shape index (κ1) is 10.4. The predicted molar refractivity (Wildman–Crippen MR) is 55.4 cm³/mol. The third kappa shape index (κ3) is 2.26. The number of hydrogen-bond donors (Lipinski definition) is 1. The second kappa shape index (κ2) is 3.44. The number of rotatable bonds is 2. The largest absolute Gasteiger partial charge is 0.309 e. The molecule has 1 aromatic heterocycles. The number of aryl methyl sites for hydroxylation is 1. The van der Waals surface area contributed by atoms with Crippen molar-refractivity contribution in [2.45, 2.75) is 25.0 Å². The molecule has 5 nitrogen and oxygen atoms in total. The van der Waals surface area contributed by atoms with Gasteiger partial charge in [0.1, 0.15) is 11.6 Å². The third-order valence-corrected chi connectivity index (χ3v) is 3.19. The fourth-order valence-electron chi connectivity index (χ4n) is 1.81. The monoisotopic (exact) mass is 228 g/mol. The van der Waals surface area contributed by atoms with Crippen LogP contribution in [0.2, 0.25) is 0 Å². The van der Waals surface area contributed by atoms with Crippen LogP contribution in [-0.4, -0.2) is 24.6 Å². The van der Waals surface area contributed by atoms with E-state index in [0.29, 0.717) is 5.56 Å². The van der Waals surface area contributed by atoms with Crippen LogP contribution in [0.25, 0.3) is 0 Å². The molecule has 0 atom stereocenters. The highest BCUT2D eigenvalue weighted by atomic mass is 32.2. The van der Waals surface area contributed by atoms with E-state index in [0.717, 1.165) is 31.2 Å². The lowest BCUT2D eigenvalue weighted by molar-refractivity contribution is 0.599. The number of fused-ring (bicyclic) bond motifs is 1. The summed E-state index contributed by atoms with van der Waals surface area (Å²) < 4.78 is 22.1. The molecule has 0 bridgehead atoms. The van der Waals surface area contributed by atoms with Gasteiger partial charge in [-0.2, -0.15) is 0 Å². The van der Waals surface area contributed by atoms with Gasteiger partial charge in [0.15, 0.2) is 9.84 Å². The standard InChI is InChI=1S/C9H12N2O3S/c1-15(13,14)5-8-10-7-4-2-3-6(7)9(12)11-8/h2-5H2,1H3,(H,10,11,12). The maximum absolute atomic E-state index is 11.5. The molecule has 1 aromatic rings. The van der Waals surface area contributed by atoms with Crippen molar-refractivity contribution in [1.29, 1.82) is 0 Å². The summed E-state index contributed by atoms with van der Waals surface area (Å²) in [5.41, 5.74) is 1.29. The molecule has 15 heavy (non-hydrogen) atoms. The minimum Gasteiger partial charge on any atom is -0.309 e. The van der Waals surface area contributed by atoms with E-state index in [1.165, 1.54) is 0 Å². The van der Waals surface area contributed by atoms with Gasteiger partial charge < -0.3 is 4.98 Å². The smallest absolute Gasteiger partial charge is 0.254 e. The van der Waals surface area contributed by atoms with E-state index in [-0.39, 0.29) is 17.1 Å². The molecule has 1 N–H and O–H groups in total. The summed E-state index contributed by atoms with van der Waals surface area (Å²) in [6.45, 7) is 0. The maximum atomic E-state index is 11.5. The van der Waals surface area contributed by atoms with E-state index in [1.54, 1.807) is 0 Å². The number of H-pyrrole nitrogens is 1. The molecule has 1 aliphatic carbocycles. The van der Waals surface area contributed by atoms with Gasteiger partial charge in [0, 0.05) is 11.8 Å². The first-order valence-electron chi connectivity index (χ1n) is 4.74. The Morgan fingerprint density at radius 1 is 1.40 bits per heavy atom. The molecular weight excluding hydrogens is 216 g/mol. The fourth-order valence-corrected chi connectivity index (χ4v) is 2.44. The third-order valence-electron chi connectivity index (χ3n) is 2.39. The van der Waals surface area contributed by atoms with Gasteiger partial charge in [0.2, 0.25) is 0 Å². The molecule has 6 heteroatoms. The SMILES string of the molecule is CS(=O)(=O)Cc1nc2c(c(=O)[nH]1)CCC2. The maximum Gasteiger partial charge on any atom is 0.254 e. The zero-order valence-corrected chi connectivity index (χ0v) is 9.23. The van der Waals surface area contributed by atoms with Crippen LogP contribution in [0.1, 0.15) is 23.5 Å². The van der Waals surface area contributed by atoms with Gasteiger partial charge in [-0.25, -0.2) is 13.4 Å². The van der Waals surface area contributed by atoms with Crippen molar-refractivity contribution in [1.82, 2.24) is 9.97 Å². The molecule has 0 saturated carbocycles. The highest BCUT2D eigenvalue weighted by Crippen LogP contribution is 2.15. The van der Waals surface area contributed by atoms with Gasteiger partial charge in [-0.15, -0.1) is 0 Å². The molecule has 2 rings (SSSR count). The van der Waals surface area contributed by atoms with E-state index in [1.807, 2.05) is 0 Å². The number of aromatic nitrogens is 2. The summed E-state index contributed by atoms with van der Waals surface area (Å²) in [4.78, 5) is 18.2. The molecular formula is C9H12N2O3S. The summed E-state index contributed by atoms with van der Waals surface area (Å²) in [5, 5.41) is 0. The van der Waals surface area contributed by atoms with Gasteiger partial charge in [-0.05, 0) is 19.3 Å². The van der Waals surface area contributed by atoms with Crippen LogP contribution in [0.5, 0.6) is 0 Å². The first-order chi connectivity index (χ1) is 6.96. The van der Waals surface area contributed by atoms with Crippen molar-refractivity contribution in [3.05, 3.63) is 27.4 Å². The Morgan fingerprint density at radius 3 is 2.80 bits per heavy atom. The van der Waals surface area contributed by atoms with Gasteiger partial charge in [-0.1, -0.05) is 0 Å². The highest BCUT2D eigenvalue weighted by molar-refractivity contribution is 7.89. The molecule has 0 fully saturated rings. The molecule has 82 valence electrons. The Balaban J connectivity index is 2.45. The van der Waals surface area contributed by atoms with Crippen molar-refractivity contribution in [2.24, 2.45) is 0 Å². The van der Waals surface area contributed by atoms with E-state index in [2.05, 4.69) is 9.97 Å². The minimum absolute atomic E-state index is 0.184.